The van der Waals surface area contributed by atoms with Gasteiger partial charge in [-0.05, 0) is 43.4 Å². The molecule has 0 atom stereocenters. The summed E-state index contributed by atoms with van der Waals surface area (Å²) in [6.07, 6.45) is 2.51. The predicted octanol–water partition coefficient (Wildman–Crippen LogP) is 1.28. The minimum absolute atomic E-state index is 0.0222. The Morgan fingerprint density at radius 3 is 2.24 bits per heavy atom. The van der Waals surface area contributed by atoms with Gasteiger partial charge in [-0.2, -0.15) is 0 Å². The Labute approximate surface area is 123 Å². The largest absolute Gasteiger partial charge is 0.478 e. The first-order valence-corrected chi connectivity index (χ1v) is 9.88. The van der Waals surface area contributed by atoms with Crippen LogP contribution >= 0.6 is 0 Å². The second kappa shape index (κ2) is 5.10. The lowest BCUT2D eigenvalue weighted by Gasteiger charge is -2.14. The molecule has 0 unspecified atom stereocenters. The van der Waals surface area contributed by atoms with Crippen molar-refractivity contribution in [1.29, 1.82) is 0 Å². The summed E-state index contributed by atoms with van der Waals surface area (Å²) >= 11 is 0. The average molecular weight is 332 g/mol. The summed E-state index contributed by atoms with van der Waals surface area (Å²) in [6.45, 7) is 1.33. The molecule has 1 aromatic carbocycles. The van der Waals surface area contributed by atoms with Crippen LogP contribution in [-0.4, -0.2) is 39.9 Å². The number of hydrogen-bond acceptors (Lipinski definition) is 5. The molecule has 21 heavy (non-hydrogen) atoms. The summed E-state index contributed by atoms with van der Waals surface area (Å²) in [6, 6.07) is 2.19. The van der Waals surface area contributed by atoms with Crippen LogP contribution in [0.4, 0.5) is 0 Å². The molecule has 0 aliphatic heterocycles. The van der Waals surface area contributed by atoms with Crippen molar-refractivity contribution in [1.82, 2.24) is 0 Å². The Morgan fingerprint density at radius 2 is 1.81 bits per heavy atom. The van der Waals surface area contributed by atoms with E-state index in [4.69, 9.17) is 5.11 Å². The summed E-state index contributed by atoms with van der Waals surface area (Å²) in [5, 5.41) is 9.10. The lowest BCUT2D eigenvalue weighted by atomic mass is 10.1. The van der Waals surface area contributed by atoms with Crippen LogP contribution in [-0.2, 0) is 19.7 Å². The second-order valence-corrected chi connectivity index (χ2v) is 9.32. The summed E-state index contributed by atoms with van der Waals surface area (Å²) in [4.78, 5) is 10.5. The Morgan fingerprint density at radius 1 is 1.24 bits per heavy atom. The van der Waals surface area contributed by atoms with E-state index in [1.54, 1.807) is 0 Å². The van der Waals surface area contributed by atoms with Crippen LogP contribution in [0.1, 0.15) is 28.8 Å². The van der Waals surface area contributed by atoms with Crippen molar-refractivity contribution in [3.05, 3.63) is 23.3 Å². The molecule has 0 bridgehead atoms. The smallest absolute Gasteiger partial charge is 0.335 e. The Balaban J connectivity index is 2.75. The highest BCUT2D eigenvalue weighted by atomic mass is 32.2. The predicted molar refractivity (Wildman–Crippen MR) is 76.0 cm³/mol. The fourth-order valence-corrected chi connectivity index (χ4v) is 5.97. The first-order valence-electron chi connectivity index (χ1n) is 6.33. The van der Waals surface area contributed by atoms with Gasteiger partial charge in [-0.3, -0.25) is 0 Å². The highest BCUT2D eigenvalue weighted by molar-refractivity contribution is 7.94. The molecule has 2 rings (SSSR count). The number of aromatic carboxylic acids is 1. The van der Waals surface area contributed by atoms with E-state index in [2.05, 4.69) is 0 Å². The van der Waals surface area contributed by atoms with E-state index >= 15 is 0 Å². The molecule has 1 aromatic rings. The fraction of sp³-hybridized carbons (Fsp3) is 0.462. The van der Waals surface area contributed by atoms with E-state index in [1.165, 1.54) is 6.92 Å². The number of rotatable bonds is 5. The van der Waals surface area contributed by atoms with Crippen LogP contribution in [0.2, 0.25) is 0 Å². The molecule has 0 aromatic heterocycles. The molecule has 1 N–H and O–H groups in total. The molecule has 0 radical (unpaired) electrons. The van der Waals surface area contributed by atoms with E-state index < -0.39 is 25.6 Å². The zero-order chi connectivity index (χ0) is 16.0. The minimum atomic E-state index is -3.84. The fourth-order valence-electron chi connectivity index (χ4n) is 2.26. The summed E-state index contributed by atoms with van der Waals surface area (Å²) in [5.74, 6) is -1.38. The van der Waals surface area contributed by atoms with Crippen molar-refractivity contribution >= 4 is 25.6 Å². The molecular formula is C13H16O6S2. The Hall–Kier alpha value is -1.41. The quantitative estimate of drug-likeness (QED) is 0.870. The maximum Gasteiger partial charge on any atom is 0.335 e. The van der Waals surface area contributed by atoms with Gasteiger partial charge in [-0.1, -0.05) is 0 Å². The van der Waals surface area contributed by atoms with Gasteiger partial charge in [0, 0.05) is 6.26 Å². The molecule has 1 aliphatic rings. The van der Waals surface area contributed by atoms with Crippen LogP contribution in [0.3, 0.4) is 0 Å². The van der Waals surface area contributed by atoms with Crippen molar-refractivity contribution in [2.45, 2.75) is 29.6 Å². The molecule has 0 spiro atoms. The normalized spacial score (nSPS) is 15.9. The molecule has 6 nitrogen and oxygen atoms in total. The van der Waals surface area contributed by atoms with Gasteiger partial charge in [0.2, 0.25) is 0 Å². The number of sulfone groups is 2. The topological polar surface area (TPSA) is 106 Å². The third-order valence-corrected chi connectivity index (χ3v) is 6.79. The zero-order valence-electron chi connectivity index (χ0n) is 11.7. The molecular weight excluding hydrogens is 316 g/mol. The Bertz CT molecular complexity index is 801. The van der Waals surface area contributed by atoms with Gasteiger partial charge in [0.1, 0.15) is 0 Å². The molecule has 0 saturated heterocycles. The SMILES string of the molecule is Cc1c(C(=O)O)ccc(S(C)(=O)=O)c1S(=O)(=O)CC1CC1. The van der Waals surface area contributed by atoms with Crippen LogP contribution in [0.25, 0.3) is 0 Å². The van der Waals surface area contributed by atoms with E-state index in [-0.39, 0.29) is 32.6 Å². The van der Waals surface area contributed by atoms with Gasteiger partial charge in [-0.15, -0.1) is 0 Å². The van der Waals surface area contributed by atoms with Crippen molar-refractivity contribution in [3.63, 3.8) is 0 Å². The molecule has 0 heterocycles. The molecule has 116 valence electrons. The maximum atomic E-state index is 12.5. The van der Waals surface area contributed by atoms with E-state index in [1.807, 2.05) is 0 Å². The molecule has 1 saturated carbocycles. The van der Waals surface area contributed by atoms with Crippen LogP contribution in [0, 0.1) is 12.8 Å². The summed E-state index contributed by atoms with van der Waals surface area (Å²) < 4.78 is 48.6. The van der Waals surface area contributed by atoms with Gasteiger partial charge in [0.05, 0.1) is 21.1 Å². The number of carboxylic acids is 1. The zero-order valence-corrected chi connectivity index (χ0v) is 13.3. The van der Waals surface area contributed by atoms with Crippen molar-refractivity contribution in [3.8, 4) is 0 Å². The molecule has 1 aliphatic carbocycles. The molecule has 0 amide bonds. The van der Waals surface area contributed by atoms with Crippen molar-refractivity contribution < 1.29 is 26.7 Å². The highest BCUT2D eigenvalue weighted by Crippen LogP contribution is 2.35. The van der Waals surface area contributed by atoms with E-state index in [0.717, 1.165) is 31.2 Å². The van der Waals surface area contributed by atoms with E-state index in [9.17, 15) is 21.6 Å². The lowest BCUT2D eigenvalue weighted by Crippen LogP contribution is -2.17. The monoisotopic (exact) mass is 332 g/mol. The highest BCUT2D eigenvalue weighted by Gasteiger charge is 2.34. The number of hydrogen-bond donors (Lipinski definition) is 1. The summed E-state index contributed by atoms with van der Waals surface area (Å²) in [5.41, 5.74) is -0.220. The van der Waals surface area contributed by atoms with Crippen molar-refractivity contribution in [2.24, 2.45) is 5.92 Å². The van der Waals surface area contributed by atoms with Gasteiger partial charge in [0.15, 0.2) is 19.7 Å². The molecule has 1 fully saturated rings. The standard InChI is InChI=1S/C13H16O6S2/c1-8-10(13(14)15)5-6-11(20(2,16)17)12(8)21(18,19)7-9-3-4-9/h5-6,9H,3-4,7H2,1-2H3,(H,14,15). The minimum Gasteiger partial charge on any atom is -0.478 e. The summed E-state index contributed by atoms with van der Waals surface area (Å²) in [7, 11) is -7.61. The first-order chi connectivity index (χ1) is 9.54. The number of carbonyl (C=O) groups is 1. The van der Waals surface area contributed by atoms with Gasteiger partial charge >= 0.3 is 5.97 Å². The first kappa shape index (κ1) is 16.0. The third kappa shape index (κ3) is 3.26. The number of carboxylic acid groups (broad SMARTS) is 1. The van der Waals surface area contributed by atoms with Gasteiger partial charge in [0.25, 0.3) is 0 Å². The van der Waals surface area contributed by atoms with Crippen LogP contribution < -0.4 is 0 Å². The van der Waals surface area contributed by atoms with Crippen molar-refractivity contribution in [2.75, 3.05) is 12.0 Å². The van der Waals surface area contributed by atoms with Crippen LogP contribution in [0.5, 0.6) is 0 Å². The third-order valence-electron chi connectivity index (χ3n) is 3.46. The average Bonchev–Trinajstić information content (AvgIpc) is 3.09. The Kier molecular flexibility index (Phi) is 3.88. The van der Waals surface area contributed by atoms with E-state index in [0.29, 0.717) is 0 Å². The molecule has 8 heteroatoms. The number of benzene rings is 1. The maximum absolute atomic E-state index is 12.5. The van der Waals surface area contributed by atoms with Crippen LogP contribution in [0.15, 0.2) is 21.9 Å². The van der Waals surface area contributed by atoms with Gasteiger partial charge in [-0.25, -0.2) is 21.6 Å². The van der Waals surface area contributed by atoms with Gasteiger partial charge < -0.3 is 5.11 Å². The lowest BCUT2D eigenvalue weighted by molar-refractivity contribution is 0.0695. The second-order valence-electron chi connectivity index (χ2n) is 5.37.